The zero-order valence-electron chi connectivity index (χ0n) is 17.5. The van der Waals surface area contributed by atoms with Gasteiger partial charge in [-0.1, -0.05) is 29.5 Å². The normalized spacial score (nSPS) is 18.1. The van der Waals surface area contributed by atoms with Gasteiger partial charge >= 0.3 is 0 Å². The Balaban J connectivity index is 1.59. The smallest absolute Gasteiger partial charge is 0.120 e. The molecule has 0 bridgehead atoms. The molecule has 0 saturated carbocycles. The lowest BCUT2D eigenvalue weighted by Gasteiger charge is -2.23. The molecule has 2 N–H and O–H groups in total. The molecule has 0 saturated heterocycles. The number of hydrogen-bond acceptors (Lipinski definition) is 5. The number of ether oxygens (including phenoxy) is 1. The maximum atomic E-state index is 5.41. The molecule has 2 aromatic carbocycles. The highest BCUT2D eigenvalue weighted by Crippen LogP contribution is 2.39. The summed E-state index contributed by atoms with van der Waals surface area (Å²) < 4.78 is 7.46. The van der Waals surface area contributed by atoms with Crippen LogP contribution in [0.3, 0.4) is 0 Å². The Hall–Kier alpha value is -3.12. The SMILES string of the molecule is COc1cccc(NC2CCn3nnc(C)c3-c3ccc(C4=CCNCC4)cc32)c1. The second-order valence-electron chi connectivity index (χ2n) is 7.95. The van der Waals surface area contributed by atoms with E-state index in [1.54, 1.807) is 7.11 Å². The van der Waals surface area contributed by atoms with Crippen LogP contribution in [0.4, 0.5) is 5.69 Å². The molecule has 0 aliphatic carbocycles. The summed E-state index contributed by atoms with van der Waals surface area (Å²) in [5.41, 5.74) is 8.42. The third-order valence-electron chi connectivity index (χ3n) is 6.06. The Morgan fingerprint density at radius 2 is 2.13 bits per heavy atom. The minimum atomic E-state index is 0.176. The predicted octanol–water partition coefficient (Wildman–Crippen LogP) is 4.20. The van der Waals surface area contributed by atoms with Gasteiger partial charge in [0.25, 0.3) is 0 Å². The van der Waals surface area contributed by atoms with Crippen LogP contribution in [-0.2, 0) is 6.54 Å². The lowest BCUT2D eigenvalue weighted by molar-refractivity contribution is 0.415. The van der Waals surface area contributed by atoms with E-state index in [9.17, 15) is 0 Å². The predicted molar refractivity (Wildman–Crippen MR) is 120 cm³/mol. The second-order valence-corrected chi connectivity index (χ2v) is 7.95. The third-order valence-corrected chi connectivity index (χ3v) is 6.06. The molecule has 2 aliphatic rings. The largest absolute Gasteiger partial charge is 0.497 e. The first-order chi connectivity index (χ1) is 14.7. The highest BCUT2D eigenvalue weighted by atomic mass is 16.5. The first-order valence-electron chi connectivity index (χ1n) is 10.6. The Morgan fingerprint density at radius 3 is 2.97 bits per heavy atom. The molecule has 2 aliphatic heterocycles. The average Bonchev–Trinajstić information content (AvgIpc) is 3.09. The lowest BCUT2D eigenvalue weighted by atomic mass is 9.90. The molecule has 0 fully saturated rings. The van der Waals surface area contributed by atoms with E-state index >= 15 is 0 Å². The average molecular weight is 402 g/mol. The van der Waals surface area contributed by atoms with Gasteiger partial charge in [-0.15, -0.1) is 5.10 Å². The number of benzene rings is 2. The van der Waals surface area contributed by atoms with Crippen LogP contribution in [0.2, 0.25) is 0 Å². The third kappa shape index (κ3) is 3.48. The number of methoxy groups -OCH3 is 1. The summed E-state index contributed by atoms with van der Waals surface area (Å²) in [5, 5.41) is 15.9. The van der Waals surface area contributed by atoms with Gasteiger partial charge in [0.1, 0.15) is 5.75 Å². The van der Waals surface area contributed by atoms with Gasteiger partial charge in [0, 0.05) is 30.4 Å². The fourth-order valence-electron chi connectivity index (χ4n) is 4.51. The van der Waals surface area contributed by atoms with Crippen LogP contribution in [0.15, 0.2) is 48.5 Å². The maximum absolute atomic E-state index is 5.41. The molecule has 0 radical (unpaired) electrons. The van der Waals surface area contributed by atoms with Crippen molar-refractivity contribution >= 4 is 11.3 Å². The van der Waals surface area contributed by atoms with E-state index in [1.807, 2.05) is 23.7 Å². The fourth-order valence-corrected chi connectivity index (χ4v) is 4.51. The second kappa shape index (κ2) is 7.95. The van der Waals surface area contributed by atoms with Gasteiger partial charge in [-0.2, -0.15) is 0 Å². The summed E-state index contributed by atoms with van der Waals surface area (Å²) in [7, 11) is 1.70. The molecular weight excluding hydrogens is 374 g/mol. The molecule has 3 heterocycles. The molecule has 0 spiro atoms. The number of nitrogens with one attached hydrogen (secondary N) is 2. The zero-order valence-corrected chi connectivity index (χ0v) is 17.5. The number of aromatic nitrogens is 3. The van der Waals surface area contributed by atoms with Gasteiger partial charge in [-0.25, -0.2) is 4.68 Å². The molecule has 1 aromatic heterocycles. The number of aryl methyl sites for hydroxylation is 2. The van der Waals surface area contributed by atoms with Crippen molar-refractivity contribution in [1.29, 1.82) is 0 Å². The quantitative estimate of drug-likeness (QED) is 0.686. The highest BCUT2D eigenvalue weighted by Gasteiger charge is 2.26. The summed E-state index contributed by atoms with van der Waals surface area (Å²) in [6.07, 6.45) is 4.30. The summed E-state index contributed by atoms with van der Waals surface area (Å²) in [5.74, 6) is 0.857. The molecule has 1 atom stereocenters. The number of hydrogen-bond donors (Lipinski definition) is 2. The van der Waals surface area contributed by atoms with Crippen molar-refractivity contribution in [3.8, 4) is 17.0 Å². The van der Waals surface area contributed by atoms with Gasteiger partial charge in [0.05, 0.1) is 24.5 Å². The van der Waals surface area contributed by atoms with E-state index in [-0.39, 0.29) is 6.04 Å². The van der Waals surface area contributed by atoms with Crippen LogP contribution in [0.5, 0.6) is 5.75 Å². The fraction of sp³-hybridized carbons (Fsp3) is 0.333. The van der Waals surface area contributed by atoms with Gasteiger partial charge in [-0.3, -0.25) is 0 Å². The Labute approximate surface area is 177 Å². The van der Waals surface area contributed by atoms with Crippen molar-refractivity contribution in [2.75, 3.05) is 25.5 Å². The summed E-state index contributed by atoms with van der Waals surface area (Å²) in [6, 6.07) is 15.2. The van der Waals surface area contributed by atoms with Crippen molar-refractivity contribution in [1.82, 2.24) is 20.3 Å². The molecule has 1 unspecified atom stereocenters. The first kappa shape index (κ1) is 18.9. The van der Waals surface area contributed by atoms with Gasteiger partial charge in [0.15, 0.2) is 0 Å². The summed E-state index contributed by atoms with van der Waals surface area (Å²) >= 11 is 0. The van der Waals surface area contributed by atoms with E-state index < -0.39 is 0 Å². The van der Waals surface area contributed by atoms with Crippen molar-refractivity contribution in [2.45, 2.75) is 32.4 Å². The van der Waals surface area contributed by atoms with E-state index in [1.165, 1.54) is 22.3 Å². The van der Waals surface area contributed by atoms with Crippen molar-refractivity contribution in [2.24, 2.45) is 0 Å². The van der Waals surface area contributed by atoms with E-state index in [0.29, 0.717) is 0 Å². The van der Waals surface area contributed by atoms with Crippen molar-refractivity contribution in [3.05, 3.63) is 65.4 Å². The maximum Gasteiger partial charge on any atom is 0.120 e. The minimum Gasteiger partial charge on any atom is -0.497 e. The van der Waals surface area contributed by atoms with Crippen LogP contribution in [0.25, 0.3) is 16.8 Å². The Bertz CT molecular complexity index is 1100. The van der Waals surface area contributed by atoms with E-state index in [4.69, 9.17) is 4.74 Å². The lowest BCUT2D eigenvalue weighted by Crippen LogP contribution is -2.20. The Morgan fingerprint density at radius 1 is 1.20 bits per heavy atom. The molecule has 30 heavy (non-hydrogen) atoms. The van der Waals surface area contributed by atoms with Crippen LogP contribution >= 0.6 is 0 Å². The van der Waals surface area contributed by atoms with E-state index in [2.05, 4.69) is 57.4 Å². The number of nitrogens with zero attached hydrogens (tertiary/aromatic N) is 3. The molecular formula is C24H27N5O. The topological polar surface area (TPSA) is 64.0 Å². The van der Waals surface area contributed by atoms with Crippen LogP contribution in [0, 0.1) is 6.92 Å². The minimum absolute atomic E-state index is 0.176. The Kier molecular flexibility index (Phi) is 5.01. The van der Waals surface area contributed by atoms with Crippen LogP contribution in [0.1, 0.15) is 35.7 Å². The highest BCUT2D eigenvalue weighted by molar-refractivity contribution is 5.74. The van der Waals surface area contributed by atoms with Gasteiger partial charge < -0.3 is 15.4 Å². The standard InChI is InChI=1S/C24H27N5O/c1-16-24-21-7-6-18(17-8-11-25-12-9-17)14-22(21)23(10-13-29(24)28-27-16)26-19-4-3-5-20(15-19)30-2/h3-8,14-15,23,25-26H,9-13H2,1-2H3. The van der Waals surface area contributed by atoms with Gasteiger partial charge in [0.2, 0.25) is 0 Å². The summed E-state index contributed by atoms with van der Waals surface area (Å²) in [6.45, 7) is 4.84. The van der Waals surface area contributed by atoms with Crippen molar-refractivity contribution in [3.63, 3.8) is 0 Å². The zero-order chi connectivity index (χ0) is 20.5. The molecule has 154 valence electrons. The van der Waals surface area contributed by atoms with Crippen LogP contribution in [-0.4, -0.2) is 35.2 Å². The number of rotatable bonds is 4. The number of anilines is 1. The molecule has 6 heteroatoms. The monoisotopic (exact) mass is 401 g/mol. The van der Waals surface area contributed by atoms with Crippen LogP contribution < -0.4 is 15.4 Å². The molecule has 3 aromatic rings. The number of fused-ring (bicyclic) bond motifs is 3. The first-order valence-corrected chi connectivity index (χ1v) is 10.6. The van der Waals surface area contributed by atoms with E-state index in [0.717, 1.165) is 55.3 Å². The molecule has 5 rings (SSSR count). The van der Waals surface area contributed by atoms with Gasteiger partial charge in [-0.05, 0) is 61.2 Å². The van der Waals surface area contributed by atoms with Crippen molar-refractivity contribution < 1.29 is 4.74 Å². The molecule has 0 amide bonds. The molecule has 6 nitrogen and oxygen atoms in total. The summed E-state index contributed by atoms with van der Waals surface area (Å²) in [4.78, 5) is 0.